The number of piperidine rings is 1. The lowest BCUT2D eigenvalue weighted by Crippen LogP contribution is -2.42. The number of hydrogen-bond acceptors (Lipinski definition) is 5. The standard InChI is InChI=1S/C17H24N2O4/c1-21-9-8-19(17(20)14-4-6-18-7-5-14)11-13-2-3-15-16(10-13)23-12-22-15/h2-3,10,14,18H,4-9,11-12H2,1H3. The number of amides is 1. The molecule has 2 aliphatic rings. The van der Waals surface area contributed by atoms with E-state index >= 15 is 0 Å². The van der Waals surface area contributed by atoms with Crippen LogP contribution in [-0.4, -0.2) is 51.0 Å². The third-order valence-corrected chi connectivity index (χ3v) is 4.38. The SMILES string of the molecule is COCCN(Cc1ccc2c(c1)OCO2)C(=O)C1CCNCC1. The highest BCUT2D eigenvalue weighted by atomic mass is 16.7. The van der Waals surface area contributed by atoms with Crippen molar-refractivity contribution in [3.63, 3.8) is 0 Å². The van der Waals surface area contributed by atoms with Gasteiger partial charge in [0, 0.05) is 26.1 Å². The summed E-state index contributed by atoms with van der Waals surface area (Å²) in [4.78, 5) is 14.7. The molecule has 0 saturated carbocycles. The Bertz CT molecular complexity index is 543. The van der Waals surface area contributed by atoms with E-state index in [9.17, 15) is 4.79 Å². The summed E-state index contributed by atoms with van der Waals surface area (Å²) in [5.41, 5.74) is 1.05. The van der Waals surface area contributed by atoms with Crippen LogP contribution >= 0.6 is 0 Å². The molecule has 0 radical (unpaired) electrons. The van der Waals surface area contributed by atoms with Crippen LogP contribution in [-0.2, 0) is 16.1 Å². The van der Waals surface area contributed by atoms with Gasteiger partial charge in [0.25, 0.3) is 0 Å². The molecule has 1 saturated heterocycles. The van der Waals surface area contributed by atoms with Gasteiger partial charge in [0.05, 0.1) is 6.61 Å². The molecule has 126 valence electrons. The van der Waals surface area contributed by atoms with Gasteiger partial charge < -0.3 is 24.4 Å². The Hall–Kier alpha value is -1.79. The summed E-state index contributed by atoms with van der Waals surface area (Å²) < 4.78 is 15.9. The van der Waals surface area contributed by atoms with Crippen LogP contribution in [0.2, 0.25) is 0 Å². The number of fused-ring (bicyclic) bond motifs is 1. The predicted octanol–water partition coefficient (Wildman–Crippen LogP) is 1.39. The molecule has 1 N–H and O–H groups in total. The minimum Gasteiger partial charge on any atom is -0.454 e. The lowest BCUT2D eigenvalue weighted by Gasteiger charge is -2.29. The van der Waals surface area contributed by atoms with E-state index in [0.717, 1.165) is 43.0 Å². The molecule has 0 bridgehead atoms. The first kappa shape index (κ1) is 16.1. The van der Waals surface area contributed by atoms with Gasteiger partial charge >= 0.3 is 0 Å². The Labute approximate surface area is 136 Å². The van der Waals surface area contributed by atoms with Crippen LogP contribution in [0.15, 0.2) is 18.2 Å². The van der Waals surface area contributed by atoms with Crippen molar-refractivity contribution in [1.29, 1.82) is 0 Å². The van der Waals surface area contributed by atoms with E-state index in [1.165, 1.54) is 0 Å². The number of rotatable bonds is 6. The van der Waals surface area contributed by atoms with Crippen LogP contribution in [0.4, 0.5) is 0 Å². The molecule has 6 nitrogen and oxygen atoms in total. The zero-order valence-electron chi connectivity index (χ0n) is 13.5. The fraction of sp³-hybridized carbons (Fsp3) is 0.588. The van der Waals surface area contributed by atoms with Gasteiger partial charge in [-0.2, -0.15) is 0 Å². The van der Waals surface area contributed by atoms with Crippen LogP contribution in [0.3, 0.4) is 0 Å². The zero-order valence-corrected chi connectivity index (χ0v) is 13.5. The molecular weight excluding hydrogens is 296 g/mol. The molecule has 0 aromatic heterocycles. The Morgan fingerprint density at radius 3 is 2.87 bits per heavy atom. The first-order valence-corrected chi connectivity index (χ1v) is 8.15. The number of hydrogen-bond donors (Lipinski definition) is 1. The van der Waals surface area contributed by atoms with Crippen LogP contribution < -0.4 is 14.8 Å². The van der Waals surface area contributed by atoms with Crippen LogP contribution in [0.1, 0.15) is 18.4 Å². The van der Waals surface area contributed by atoms with Crippen molar-refractivity contribution in [2.24, 2.45) is 5.92 Å². The molecule has 2 aliphatic heterocycles. The molecule has 6 heteroatoms. The molecule has 0 spiro atoms. The van der Waals surface area contributed by atoms with Crippen molar-refractivity contribution >= 4 is 5.91 Å². The summed E-state index contributed by atoms with van der Waals surface area (Å²) >= 11 is 0. The second-order valence-corrected chi connectivity index (χ2v) is 5.96. The molecule has 0 aliphatic carbocycles. The van der Waals surface area contributed by atoms with Crippen molar-refractivity contribution in [2.45, 2.75) is 19.4 Å². The Morgan fingerprint density at radius 2 is 2.09 bits per heavy atom. The van der Waals surface area contributed by atoms with Gasteiger partial charge in [-0.25, -0.2) is 0 Å². The Kier molecular flexibility index (Phi) is 5.35. The van der Waals surface area contributed by atoms with Crippen molar-refractivity contribution < 1.29 is 19.0 Å². The number of methoxy groups -OCH3 is 1. The lowest BCUT2D eigenvalue weighted by atomic mass is 9.96. The van der Waals surface area contributed by atoms with Crippen molar-refractivity contribution in [3.8, 4) is 11.5 Å². The predicted molar refractivity (Wildman–Crippen MR) is 85.5 cm³/mol. The van der Waals surface area contributed by atoms with Gasteiger partial charge in [-0.3, -0.25) is 4.79 Å². The molecule has 1 aromatic carbocycles. The molecule has 23 heavy (non-hydrogen) atoms. The molecular formula is C17H24N2O4. The summed E-state index contributed by atoms with van der Waals surface area (Å²) in [6.45, 7) is 3.81. The van der Waals surface area contributed by atoms with E-state index in [-0.39, 0.29) is 18.6 Å². The minimum atomic E-state index is 0.113. The van der Waals surface area contributed by atoms with E-state index in [1.54, 1.807) is 7.11 Å². The van der Waals surface area contributed by atoms with E-state index < -0.39 is 0 Å². The highest BCUT2D eigenvalue weighted by molar-refractivity contribution is 5.79. The summed E-state index contributed by atoms with van der Waals surface area (Å²) in [5.74, 6) is 1.86. The van der Waals surface area contributed by atoms with E-state index in [4.69, 9.17) is 14.2 Å². The van der Waals surface area contributed by atoms with Crippen molar-refractivity contribution in [2.75, 3.05) is 40.1 Å². The second kappa shape index (κ2) is 7.66. The number of nitrogens with one attached hydrogen (secondary N) is 1. The third-order valence-electron chi connectivity index (χ3n) is 4.38. The second-order valence-electron chi connectivity index (χ2n) is 5.96. The van der Waals surface area contributed by atoms with E-state index in [1.807, 2.05) is 23.1 Å². The van der Waals surface area contributed by atoms with E-state index in [0.29, 0.717) is 19.7 Å². The average Bonchev–Trinajstić information content (AvgIpc) is 3.06. The molecule has 0 unspecified atom stereocenters. The smallest absolute Gasteiger partial charge is 0.231 e. The van der Waals surface area contributed by atoms with Crippen molar-refractivity contribution in [3.05, 3.63) is 23.8 Å². The molecule has 1 aromatic rings. The number of carbonyl (C=O) groups is 1. The van der Waals surface area contributed by atoms with Gasteiger partial charge in [0.1, 0.15) is 0 Å². The van der Waals surface area contributed by atoms with Gasteiger partial charge in [-0.1, -0.05) is 6.07 Å². The third kappa shape index (κ3) is 3.95. The van der Waals surface area contributed by atoms with Gasteiger partial charge in [0.15, 0.2) is 11.5 Å². The van der Waals surface area contributed by atoms with Crippen LogP contribution in [0.5, 0.6) is 11.5 Å². The largest absolute Gasteiger partial charge is 0.454 e. The topological polar surface area (TPSA) is 60.0 Å². The summed E-state index contributed by atoms with van der Waals surface area (Å²) in [6, 6.07) is 5.85. The first-order valence-electron chi connectivity index (χ1n) is 8.15. The van der Waals surface area contributed by atoms with Gasteiger partial charge in [-0.15, -0.1) is 0 Å². The molecule has 3 rings (SSSR count). The minimum absolute atomic E-state index is 0.113. The first-order chi connectivity index (χ1) is 11.3. The fourth-order valence-corrected chi connectivity index (χ4v) is 3.06. The summed E-state index contributed by atoms with van der Waals surface area (Å²) in [7, 11) is 1.66. The van der Waals surface area contributed by atoms with Gasteiger partial charge in [-0.05, 0) is 43.6 Å². The maximum absolute atomic E-state index is 12.8. The molecule has 1 fully saturated rings. The zero-order chi connectivity index (χ0) is 16.1. The molecule has 0 atom stereocenters. The maximum atomic E-state index is 12.8. The van der Waals surface area contributed by atoms with E-state index in [2.05, 4.69) is 5.32 Å². The van der Waals surface area contributed by atoms with Crippen molar-refractivity contribution in [1.82, 2.24) is 10.2 Å². The summed E-state index contributed by atoms with van der Waals surface area (Å²) in [5, 5.41) is 3.30. The Morgan fingerprint density at radius 1 is 1.30 bits per heavy atom. The number of nitrogens with zero attached hydrogens (tertiary/aromatic N) is 1. The van der Waals surface area contributed by atoms with Crippen LogP contribution in [0, 0.1) is 5.92 Å². The van der Waals surface area contributed by atoms with Crippen LogP contribution in [0.25, 0.3) is 0 Å². The maximum Gasteiger partial charge on any atom is 0.231 e. The van der Waals surface area contributed by atoms with Gasteiger partial charge in [0.2, 0.25) is 12.7 Å². The molecule has 1 amide bonds. The molecule has 2 heterocycles. The highest BCUT2D eigenvalue weighted by Crippen LogP contribution is 2.33. The monoisotopic (exact) mass is 320 g/mol. The quantitative estimate of drug-likeness (QED) is 0.858. The summed E-state index contributed by atoms with van der Waals surface area (Å²) in [6.07, 6.45) is 1.81. The number of benzene rings is 1. The normalized spacial score (nSPS) is 17.3. The Balaban J connectivity index is 1.69. The fourth-order valence-electron chi connectivity index (χ4n) is 3.06. The average molecular weight is 320 g/mol. The number of ether oxygens (including phenoxy) is 3. The lowest BCUT2D eigenvalue weighted by molar-refractivity contribution is -0.137. The highest BCUT2D eigenvalue weighted by Gasteiger charge is 2.26. The number of carbonyl (C=O) groups excluding carboxylic acids is 1.